The van der Waals surface area contributed by atoms with Crippen molar-refractivity contribution in [1.29, 1.82) is 0 Å². The number of hydrogen-bond acceptors (Lipinski definition) is 5. The first kappa shape index (κ1) is 17.7. The molecule has 1 aromatic carbocycles. The van der Waals surface area contributed by atoms with Crippen molar-refractivity contribution in [2.75, 3.05) is 39.3 Å². The normalized spacial score (nSPS) is 17.1. The third-order valence-electron chi connectivity index (χ3n) is 3.89. The Morgan fingerprint density at radius 3 is 2.39 bits per heavy atom. The second kappa shape index (κ2) is 7.29. The fourth-order valence-corrected chi connectivity index (χ4v) is 4.18. The molecule has 0 radical (unpaired) electrons. The summed E-state index contributed by atoms with van der Waals surface area (Å²) >= 11 is 0. The molecule has 1 saturated heterocycles. The van der Waals surface area contributed by atoms with Gasteiger partial charge >= 0.3 is 5.97 Å². The maximum atomic E-state index is 12.9. The van der Waals surface area contributed by atoms with Gasteiger partial charge in [-0.15, -0.1) is 0 Å². The summed E-state index contributed by atoms with van der Waals surface area (Å²) < 4.78 is 32.5. The Bertz CT molecular complexity index is 666. The fourth-order valence-electron chi connectivity index (χ4n) is 2.61. The van der Waals surface area contributed by atoms with Gasteiger partial charge in [0.25, 0.3) is 0 Å². The number of aromatic carboxylic acids is 1. The second-order valence-electron chi connectivity index (χ2n) is 5.21. The summed E-state index contributed by atoms with van der Waals surface area (Å²) in [5.74, 6) is -1.29. The van der Waals surface area contributed by atoms with Crippen molar-refractivity contribution in [3.05, 3.63) is 23.8 Å². The van der Waals surface area contributed by atoms with Crippen molar-refractivity contribution in [2.45, 2.75) is 18.7 Å². The first-order valence-corrected chi connectivity index (χ1v) is 9.07. The van der Waals surface area contributed by atoms with Crippen LogP contribution < -0.4 is 4.74 Å². The van der Waals surface area contributed by atoms with Crippen molar-refractivity contribution in [3.8, 4) is 5.75 Å². The number of carboxylic acids is 1. The highest BCUT2D eigenvalue weighted by molar-refractivity contribution is 7.89. The van der Waals surface area contributed by atoms with Crippen molar-refractivity contribution in [3.63, 3.8) is 0 Å². The second-order valence-corrected chi connectivity index (χ2v) is 7.12. The van der Waals surface area contributed by atoms with Gasteiger partial charge in [-0.05, 0) is 25.6 Å². The molecule has 0 aliphatic carbocycles. The molecule has 0 saturated carbocycles. The van der Waals surface area contributed by atoms with E-state index >= 15 is 0 Å². The minimum Gasteiger partial charge on any atom is -0.492 e. The van der Waals surface area contributed by atoms with Crippen LogP contribution in [0.3, 0.4) is 0 Å². The van der Waals surface area contributed by atoms with E-state index in [1.807, 2.05) is 6.92 Å². The van der Waals surface area contributed by atoms with Gasteiger partial charge in [0.1, 0.15) is 10.5 Å². The molecule has 0 spiro atoms. The number of benzene rings is 1. The van der Waals surface area contributed by atoms with Gasteiger partial charge in [0.15, 0.2) is 5.75 Å². The molecule has 7 nitrogen and oxygen atoms in total. The lowest BCUT2D eigenvalue weighted by atomic mass is 10.2. The topological polar surface area (TPSA) is 87.1 Å². The Morgan fingerprint density at radius 2 is 1.87 bits per heavy atom. The minimum absolute atomic E-state index is 0.0794. The molecule has 1 aliphatic heterocycles. The average molecular weight is 342 g/mol. The van der Waals surface area contributed by atoms with Gasteiger partial charge < -0.3 is 14.7 Å². The Kier molecular flexibility index (Phi) is 5.61. The SMILES string of the molecule is CCOc1c(C(=O)O)cccc1S(=O)(=O)N1CCN(CC)CC1. The number of likely N-dealkylation sites (N-methyl/N-ethyl adjacent to an activating group) is 1. The number of nitrogens with zero attached hydrogens (tertiary/aromatic N) is 2. The Balaban J connectivity index is 2.40. The van der Waals surface area contributed by atoms with Gasteiger partial charge in [0, 0.05) is 26.2 Å². The number of sulfonamides is 1. The fraction of sp³-hybridized carbons (Fsp3) is 0.533. The van der Waals surface area contributed by atoms with Crippen LogP contribution in [0.25, 0.3) is 0 Å². The molecule has 2 rings (SSSR count). The Labute approximate surface area is 136 Å². The van der Waals surface area contributed by atoms with E-state index in [-0.39, 0.29) is 22.8 Å². The highest BCUT2D eigenvalue weighted by atomic mass is 32.2. The number of hydrogen-bond donors (Lipinski definition) is 1. The van der Waals surface area contributed by atoms with Gasteiger partial charge in [-0.25, -0.2) is 13.2 Å². The third kappa shape index (κ3) is 3.65. The number of para-hydroxylation sites is 1. The standard InChI is InChI=1S/C15H22N2O5S/c1-3-16-8-10-17(11-9-16)23(20,21)13-7-5-6-12(15(18)19)14(13)22-4-2/h5-7H,3-4,8-11H2,1-2H3,(H,18,19). The number of piperazine rings is 1. The van der Waals surface area contributed by atoms with Gasteiger partial charge in [0.05, 0.1) is 6.61 Å². The van der Waals surface area contributed by atoms with Crippen LogP contribution in [-0.4, -0.2) is 68.0 Å². The lowest BCUT2D eigenvalue weighted by Crippen LogP contribution is -2.48. The summed E-state index contributed by atoms with van der Waals surface area (Å²) in [6.07, 6.45) is 0. The molecule has 1 aliphatic rings. The van der Waals surface area contributed by atoms with Crippen LogP contribution in [0, 0.1) is 0 Å². The quantitative estimate of drug-likeness (QED) is 0.833. The maximum absolute atomic E-state index is 12.9. The van der Waals surface area contributed by atoms with E-state index in [2.05, 4.69) is 4.90 Å². The van der Waals surface area contributed by atoms with E-state index in [1.54, 1.807) is 6.92 Å². The predicted molar refractivity (Wildman–Crippen MR) is 85.4 cm³/mol. The van der Waals surface area contributed by atoms with E-state index in [0.717, 1.165) is 6.54 Å². The molecule has 0 amide bonds. The number of ether oxygens (including phenoxy) is 1. The zero-order chi connectivity index (χ0) is 17.0. The average Bonchev–Trinajstić information content (AvgIpc) is 2.55. The smallest absolute Gasteiger partial charge is 0.339 e. The first-order chi connectivity index (χ1) is 10.9. The van der Waals surface area contributed by atoms with E-state index < -0.39 is 16.0 Å². The highest BCUT2D eigenvalue weighted by Gasteiger charge is 2.32. The van der Waals surface area contributed by atoms with Crippen LogP contribution in [0.15, 0.2) is 23.1 Å². The Morgan fingerprint density at radius 1 is 1.22 bits per heavy atom. The van der Waals surface area contributed by atoms with Crippen LogP contribution in [0.2, 0.25) is 0 Å². The molecule has 23 heavy (non-hydrogen) atoms. The van der Waals surface area contributed by atoms with E-state index in [1.165, 1.54) is 22.5 Å². The Hall–Kier alpha value is -1.64. The van der Waals surface area contributed by atoms with Crippen LogP contribution in [-0.2, 0) is 10.0 Å². The van der Waals surface area contributed by atoms with E-state index in [9.17, 15) is 18.3 Å². The zero-order valence-corrected chi connectivity index (χ0v) is 14.2. The summed E-state index contributed by atoms with van der Waals surface area (Å²) in [7, 11) is -3.78. The van der Waals surface area contributed by atoms with Crippen molar-refractivity contribution >= 4 is 16.0 Å². The molecule has 1 heterocycles. The number of carbonyl (C=O) groups is 1. The highest BCUT2D eigenvalue weighted by Crippen LogP contribution is 2.31. The lowest BCUT2D eigenvalue weighted by Gasteiger charge is -2.33. The molecule has 1 N–H and O–H groups in total. The van der Waals surface area contributed by atoms with Crippen molar-refractivity contribution in [1.82, 2.24) is 9.21 Å². The summed E-state index contributed by atoms with van der Waals surface area (Å²) in [5.41, 5.74) is -0.139. The molecular formula is C15H22N2O5S. The summed E-state index contributed by atoms with van der Waals surface area (Å²) in [4.78, 5) is 13.4. The van der Waals surface area contributed by atoms with E-state index in [4.69, 9.17) is 4.74 Å². The molecule has 0 aromatic heterocycles. The van der Waals surface area contributed by atoms with Crippen LogP contribution in [0.4, 0.5) is 0 Å². The monoisotopic (exact) mass is 342 g/mol. The zero-order valence-electron chi connectivity index (χ0n) is 13.4. The van der Waals surface area contributed by atoms with E-state index in [0.29, 0.717) is 26.2 Å². The number of rotatable bonds is 6. The maximum Gasteiger partial charge on any atom is 0.339 e. The molecule has 0 bridgehead atoms. The molecule has 1 fully saturated rings. The van der Waals surface area contributed by atoms with Gasteiger partial charge in [-0.1, -0.05) is 13.0 Å². The van der Waals surface area contributed by atoms with Crippen LogP contribution >= 0.6 is 0 Å². The van der Waals surface area contributed by atoms with Gasteiger partial charge in [0.2, 0.25) is 10.0 Å². The lowest BCUT2D eigenvalue weighted by molar-refractivity contribution is 0.0692. The van der Waals surface area contributed by atoms with Crippen molar-refractivity contribution < 1.29 is 23.1 Å². The molecular weight excluding hydrogens is 320 g/mol. The molecule has 8 heteroatoms. The summed E-state index contributed by atoms with van der Waals surface area (Å²) in [6, 6.07) is 4.18. The largest absolute Gasteiger partial charge is 0.492 e. The van der Waals surface area contributed by atoms with Gasteiger partial charge in [-0.2, -0.15) is 4.31 Å². The minimum atomic E-state index is -3.78. The van der Waals surface area contributed by atoms with Crippen LogP contribution in [0.1, 0.15) is 24.2 Å². The molecule has 1 aromatic rings. The molecule has 128 valence electrons. The number of carboxylic acid groups (broad SMARTS) is 1. The summed E-state index contributed by atoms with van der Waals surface area (Å²) in [5, 5.41) is 9.26. The molecule has 0 unspecified atom stereocenters. The van der Waals surface area contributed by atoms with Gasteiger partial charge in [-0.3, -0.25) is 0 Å². The molecule has 0 atom stereocenters. The van der Waals surface area contributed by atoms with Crippen molar-refractivity contribution in [2.24, 2.45) is 0 Å². The first-order valence-electron chi connectivity index (χ1n) is 7.63. The van der Waals surface area contributed by atoms with Crippen LogP contribution in [0.5, 0.6) is 5.75 Å². The third-order valence-corrected chi connectivity index (χ3v) is 5.82. The predicted octanol–water partition coefficient (Wildman–Crippen LogP) is 1.11. The summed E-state index contributed by atoms with van der Waals surface area (Å²) in [6.45, 7) is 6.90.